The molecule has 2 aromatic rings. The average molecular weight is 467 g/mol. The number of aliphatic hydroxyl groups excluding tert-OH is 1. The molecule has 4 nitrogen and oxygen atoms in total. The van der Waals surface area contributed by atoms with Crippen molar-refractivity contribution in [1.82, 2.24) is 0 Å². The van der Waals surface area contributed by atoms with Gasteiger partial charge in [0, 0.05) is 6.61 Å². The zero-order valence-corrected chi connectivity index (χ0v) is 21.1. The molecule has 0 saturated heterocycles. The Morgan fingerprint density at radius 3 is 2.44 bits per heavy atom. The molecule has 1 aliphatic rings. The number of carbonyl (C=O) groups is 1. The Morgan fingerprint density at radius 2 is 1.74 bits per heavy atom. The molecule has 0 radical (unpaired) electrons. The molecule has 0 aliphatic heterocycles. The van der Waals surface area contributed by atoms with Gasteiger partial charge in [0.15, 0.2) is 0 Å². The van der Waals surface area contributed by atoms with Crippen molar-refractivity contribution in [2.24, 2.45) is 0 Å². The van der Waals surface area contributed by atoms with Crippen LogP contribution in [0.2, 0.25) is 0 Å². The van der Waals surface area contributed by atoms with E-state index in [0.29, 0.717) is 29.8 Å². The summed E-state index contributed by atoms with van der Waals surface area (Å²) in [6.07, 6.45) is 12.3. The number of esters is 1. The largest absolute Gasteiger partial charge is 0.494 e. The third-order valence-corrected chi connectivity index (χ3v) is 6.98. The topological polar surface area (TPSA) is 55.8 Å². The highest BCUT2D eigenvalue weighted by atomic mass is 16.5. The van der Waals surface area contributed by atoms with E-state index in [9.17, 15) is 4.79 Å². The van der Waals surface area contributed by atoms with Crippen LogP contribution in [0.4, 0.5) is 0 Å². The van der Waals surface area contributed by atoms with Gasteiger partial charge in [0.2, 0.25) is 0 Å². The van der Waals surface area contributed by atoms with Crippen LogP contribution in [-0.4, -0.2) is 24.3 Å². The lowest BCUT2D eigenvalue weighted by atomic mass is 9.82. The van der Waals surface area contributed by atoms with E-state index >= 15 is 0 Å². The van der Waals surface area contributed by atoms with Crippen molar-refractivity contribution < 1.29 is 19.4 Å². The molecule has 0 aromatic heterocycles. The first kappa shape index (κ1) is 26.3. The van der Waals surface area contributed by atoms with Gasteiger partial charge in [0.1, 0.15) is 11.5 Å². The Bertz CT molecular complexity index is 868. The van der Waals surface area contributed by atoms with Crippen LogP contribution in [0.15, 0.2) is 42.5 Å². The van der Waals surface area contributed by atoms with E-state index < -0.39 is 0 Å². The number of hydrogen-bond donors (Lipinski definition) is 1. The number of rotatable bonds is 13. The zero-order chi connectivity index (χ0) is 24.2. The van der Waals surface area contributed by atoms with Crippen molar-refractivity contribution in [2.45, 2.75) is 96.3 Å². The van der Waals surface area contributed by atoms with Gasteiger partial charge in [-0.3, -0.25) is 0 Å². The summed E-state index contributed by atoms with van der Waals surface area (Å²) in [5, 5.41) is 8.83. The van der Waals surface area contributed by atoms with Crippen molar-refractivity contribution in [1.29, 1.82) is 0 Å². The molecule has 0 heterocycles. The Kier molecular flexibility index (Phi) is 10.9. The van der Waals surface area contributed by atoms with Gasteiger partial charge in [-0.1, -0.05) is 58.1 Å². The van der Waals surface area contributed by atoms with Gasteiger partial charge in [-0.25, -0.2) is 4.79 Å². The van der Waals surface area contributed by atoms with E-state index in [1.807, 2.05) is 18.2 Å². The fourth-order valence-electron chi connectivity index (χ4n) is 4.90. The number of hydrogen-bond acceptors (Lipinski definition) is 4. The number of carbonyl (C=O) groups excluding carboxylic acids is 1. The minimum Gasteiger partial charge on any atom is -0.494 e. The molecule has 1 saturated carbocycles. The lowest BCUT2D eigenvalue weighted by Crippen LogP contribution is -2.13. The fraction of sp³-hybridized carbons (Fsp3) is 0.567. The quantitative estimate of drug-likeness (QED) is 0.186. The Hall–Kier alpha value is -2.33. The first-order valence-corrected chi connectivity index (χ1v) is 13.3. The molecular formula is C30H42O4. The highest BCUT2D eigenvalue weighted by Gasteiger charge is 2.22. The van der Waals surface area contributed by atoms with Gasteiger partial charge >= 0.3 is 5.97 Å². The van der Waals surface area contributed by atoms with Crippen LogP contribution in [0.3, 0.4) is 0 Å². The van der Waals surface area contributed by atoms with Crippen LogP contribution >= 0.6 is 0 Å². The fourth-order valence-corrected chi connectivity index (χ4v) is 4.90. The summed E-state index contributed by atoms with van der Waals surface area (Å²) >= 11 is 0. The molecule has 1 N–H and O–H groups in total. The van der Waals surface area contributed by atoms with Crippen molar-refractivity contribution in [3.05, 3.63) is 59.2 Å². The Morgan fingerprint density at radius 1 is 1.00 bits per heavy atom. The van der Waals surface area contributed by atoms with Crippen molar-refractivity contribution in [3.8, 4) is 11.5 Å². The maximum absolute atomic E-state index is 13.0. The molecule has 0 spiro atoms. The second-order valence-corrected chi connectivity index (χ2v) is 9.72. The van der Waals surface area contributed by atoms with Gasteiger partial charge in [0.25, 0.3) is 0 Å². The van der Waals surface area contributed by atoms with E-state index in [4.69, 9.17) is 14.6 Å². The van der Waals surface area contributed by atoms with Gasteiger partial charge in [-0.2, -0.15) is 0 Å². The molecule has 0 amide bonds. The number of ether oxygens (including phenoxy) is 2. The minimum absolute atomic E-state index is 0.253. The molecule has 1 aliphatic carbocycles. The third kappa shape index (κ3) is 7.87. The summed E-state index contributed by atoms with van der Waals surface area (Å²) in [5.41, 5.74) is 3.09. The number of benzene rings is 2. The summed E-state index contributed by atoms with van der Waals surface area (Å²) in [7, 11) is 0. The molecule has 34 heavy (non-hydrogen) atoms. The molecule has 1 unspecified atom stereocenters. The Labute approximate surface area is 205 Å². The zero-order valence-electron chi connectivity index (χ0n) is 21.1. The normalized spacial score (nSPS) is 15.1. The Balaban J connectivity index is 1.64. The predicted molar refractivity (Wildman–Crippen MR) is 138 cm³/mol. The highest BCUT2D eigenvalue weighted by molar-refractivity contribution is 5.91. The van der Waals surface area contributed by atoms with E-state index in [1.165, 1.54) is 56.1 Å². The van der Waals surface area contributed by atoms with E-state index in [0.717, 1.165) is 31.4 Å². The van der Waals surface area contributed by atoms with Crippen LogP contribution in [0.25, 0.3) is 0 Å². The lowest BCUT2D eigenvalue weighted by Gasteiger charge is -2.25. The molecule has 2 aromatic carbocycles. The van der Waals surface area contributed by atoms with Crippen LogP contribution in [0.5, 0.6) is 11.5 Å². The summed E-state index contributed by atoms with van der Waals surface area (Å²) in [5.74, 6) is 2.14. The van der Waals surface area contributed by atoms with Crippen LogP contribution in [0.1, 0.15) is 118 Å². The first-order valence-electron chi connectivity index (χ1n) is 13.3. The lowest BCUT2D eigenvalue weighted by molar-refractivity contribution is 0.0732. The van der Waals surface area contributed by atoms with Crippen LogP contribution < -0.4 is 9.47 Å². The molecule has 3 rings (SSSR count). The van der Waals surface area contributed by atoms with E-state index in [1.54, 1.807) is 12.1 Å². The van der Waals surface area contributed by atoms with Crippen molar-refractivity contribution in [2.75, 3.05) is 13.2 Å². The maximum atomic E-state index is 13.0. The number of aliphatic hydroxyl groups is 1. The second-order valence-electron chi connectivity index (χ2n) is 9.72. The minimum atomic E-state index is -0.318. The monoisotopic (exact) mass is 466 g/mol. The summed E-state index contributed by atoms with van der Waals surface area (Å²) in [6, 6.07) is 13.7. The third-order valence-electron chi connectivity index (χ3n) is 6.98. The smallest absolute Gasteiger partial charge is 0.343 e. The standard InChI is InChI=1S/C30H42O4/c1-3-11-23(2)26-16-19-29(28(22-26)24-12-7-6-8-13-24)34-30(32)25-14-17-27(18-15-25)33-21-10-5-4-9-20-31/h14-19,22-24,31H,3-13,20-21H2,1-2H3. The van der Waals surface area contributed by atoms with Crippen molar-refractivity contribution >= 4 is 5.97 Å². The molecule has 1 atom stereocenters. The van der Waals surface area contributed by atoms with Gasteiger partial charge < -0.3 is 14.6 Å². The highest BCUT2D eigenvalue weighted by Crippen LogP contribution is 2.39. The predicted octanol–water partition coefficient (Wildman–Crippen LogP) is 7.79. The van der Waals surface area contributed by atoms with Gasteiger partial charge in [0.05, 0.1) is 12.2 Å². The van der Waals surface area contributed by atoms with Gasteiger partial charge in [-0.05, 0) is 91.8 Å². The molecule has 1 fully saturated rings. The SMILES string of the molecule is CCCC(C)c1ccc(OC(=O)c2ccc(OCCCCCCO)cc2)c(C2CCCCC2)c1. The first-order chi connectivity index (χ1) is 16.6. The van der Waals surface area contributed by atoms with E-state index in [2.05, 4.69) is 26.0 Å². The van der Waals surface area contributed by atoms with Crippen LogP contribution in [0, 0.1) is 0 Å². The second kappa shape index (κ2) is 14.2. The molecular weight excluding hydrogens is 424 g/mol. The summed E-state index contributed by atoms with van der Waals surface area (Å²) in [6.45, 7) is 5.41. The van der Waals surface area contributed by atoms with Crippen molar-refractivity contribution in [3.63, 3.8) is 0 Å². The van der Waals surface area contributed by atoms with E-state index in [-0.39, 0.29) is 12.6 Å². The summed E-state index contributed by atoms with van der Waals surface area (Å²) in [4.78, 5) is 13.0. The maximum Gasteiger partial charge on any atom is 0.343 e. The average Bonchev–Trinajstić information content (AvgIpc) is 2.87. The molecule has 0 bridgehead atoms. The summed E-state index contributed by atoms with van der Waals surface area (Å²) < 4.78 is 11.7. The molecule has 4 heteroatoms. The van der Waals surface area contributed by atoms with Crippen LogP contribution in [-0.2, 0) is 0 Å². The molecule has 186 valence electrons. The number of unbranched alkanes of at least 4 members (excludes halogenated alkanes) is 3. The van der Waals surface area contributed by atoms with Gasteiger partial charge in [-0.15, -0.1) is 0 Å².